The zero-order valence-corrected chi connectivity index (χ0v) is 15.6. The lowest BCUT2D eigenvalue weighted by Gasteiger charge is -2.23. The first-order chi connectivity index (χ1) is 12.9. The molecule has 0 heterocycles. The predicted octanol–water partition coefficient (Wildman–Crippen LogP) is 3.60. The van der Waals surface area contributed by atoms with Crippen LogP contribution in [0.2, 0.25) is 0 Å². The van der Waals surface area contributed by atoms with E-state index in [1.165, 1.54) is 0 Å². The molecule has 0 aliphatic heterocycles. The van der Waals surface area contributed by atoms with Gasteiger partial charge in [0, 0.05) is 23.9 Å². The van der Waals surface area contributed by atoms with E-state index in [1.807, 2.05) is 36.4 Å². The van der Waals surface area contributed by atoms with Crippen molar-refractivity contribution in [3.05, 3.63) is 54.6 Å². The summed E-state index contributed by atoms with van der Waals surface area (Å²) >= 11 is 0. The second kappa shape index (κ2) is 7.76. The Balaban J connectivity index is 1.71. The summed E-state index contributed by atoms with van der Waals surface area (Å²) in [7, 11) is 0. The van der Waals surface area contributed by atoms with Crippen LogP contribution in [-0.4, -0.2) is 29.1 Å². The number of hydrogen-bond donors (Lipinski definition) is 3. The Kier molecular flexibility index (Phi) is 5.42. The molecular formula is C22H24N2O3. The largest absolute Gasteiger partial charge is 0.394 e. The molecule has 3 aromatic carbocycles. The van der Waals surface area contributed by atoms with Crippen LogP contribution in [0.4, 0.5) is 5.69 Å². The molecule has 0 bridgehead atoms. The number of rotatable bonds is 6. The van der Waals surface area contributed by atoms with Crippen LogP contribution in [0, 0.1) is 0 Å². The van der Waals surface area contributed by atoms with Gasteiger partial charge in [-0.1, -0.05) is 36.4 Å². The molecule has 0 saturated heterocycles. The smallest absolute Gasteiger partial charge is 0.224 e. The maximum Gasteiger partial charge on any atom is 0.224 e. The molecule has 0 radical (unpaired) electrons. The number of aliphatic hydroxyl groups is 1. The van der Waals surface area contributed by atoms with E-state index < -0.39 is 5.54 Å². The topological polar surface area (TPSA) is 78.4 Å². The van der Waals surface area contributed by atoms with Gasteiger partial charge < -0.3 is 15.7 Å². The van der Waals surface area contributed by atoms with Crippen LogP contribution in [0.5, 0.6) is 0 Å². The Labute approximate surface area is 158 Å². The third-order valence-electron chi connectivity index (χ3n) is 4.47. The molecule has 0 aliphatic carbocycles. The van der Waals surface area contributed by atoms with Gasteiger partial charge in [-0.15, -0.1) is 0 Å². The SMILES string of the molecule is CC(C)(CO)NC(=O)CCC(=O)Nc1cccc2cc3ccccc3cc12. The number of nitrogens with one attached hydrogen (secondary N) is 2. The molecule has 2 amide bonds. The summed E-state index contributed by atoms with van der Waals surface area (Å²) < 4.78 is 0. The predicted molar refractivity (Wildman–Crippen MR) is 109 cm³/mol. The van der Waals surface area contributed by atoms with Crippen LogP contribution >= 0.6 is 0 Å². The number of amides is 2. The first-order valence-electron chi connectivity index (χ1n) is 9.01. The maximum atomic E-state index is 12.3. The van der Waals surface area contributed by atoms with E-state index in [2.05, 4.69) is 28.8 Å². The highest BCUT2D eigenvalue weighted by Gasteiger charge is 2.19. The Morgan fingerprint density at radius 2 is 1.52 bits per heavy atom. The fraction of sp³-hybridized carbons (Fsp3) is 0.273. The van der Waals surface area contributed by atoms with Crippen molar-refractivity contribution in [2.24, 2.45) is 0 Å². The minimum atomic E-state index is -0.690. The van der Waals surface area contributed by atoms with Crippen LogP contribution in [0.1, 0.15) is 26.7 Å². The molecule has 0 unspecified atom stereocenters. The van der Waals surface area contributed by atoms with Gasteiger partial charge in [-0.2, -0.15) is 0 Å². The van der Waals surface area contributed by atoms with Crippen molar-refractivity contribution in [1.29, 1.82) is 0 Å². The zero-order valence-electron chi connectivity index (χ0n) is 15.6. The highest BCUT2D eigenvalue weighted by molar-refractivity contribution is 6.07. The Morgan fingerprint density at radius 3 is 2.22 bits per heavy atom. The minimum absolute atomic E-state index is 0.0724. The van der Waals surface area contributed by atoms with Crippen molar-refractivity contribution in [3.63, 3.8) is 0 Å². The van der Waals surface area contributed by atoms with Gasteiger partial charge in [-0.25, -0.2) is 0 Å². The quantitative estimate of drug-likeness (QED) is 0.585. The Hall–Kier alpha value is -2.92. The van der Waals surface area contributed by atoms with Crippen molar-refractivity contribution in [3.8, 4) is 0 Å². The van der Waals surface area contributed by atoms with Gasteiger partial charge in [0.15, 0.2) is 0 Å². The van der Waals surface area contributed by atoms with Crippen molar-refractivity contribution >= 4 is 39.0 Å². The molecule has 0 aliphatic rings. The fourth-order valence-electron chi connectivity index (χ4n) is 3.00. The van der Waals surface area contributed by atoms with E-state index in [0.29, 0.717) is 0 Å². The van der Waals surface area contributed by atoms with E-state index in [1.54, 1.807) is 13.8 Å². The summed E-state index contributed by atoms with van der Waals surface area (Å²) in [4.78, 5) is 24.2. The van der Waals surface area contributed by atoms with Gasteiger partial charge in [0.25, 0.3) is 0 Å². The van der Waals surface area contributed by atoms with E-state index in [0.717, 1.165) is 27.2 Å². The molecule has 0 saturated carbocycles. The summed E-state index contributed by atoms with van der Waals surface area (Å²) in [5.41, 5.74) is 0.0453. The van der Waals surface area contributed by atoms with Crippen LogP contribution in [-0.2, 0) is 9.59 Å². The second-order valence-corrected chi connectivity index (χ2v) is 7.36. The number of hydrogen-bond acceptors (Lipinski definition) is 3. The normalized spacial score (nSPS) is 11.5. The van der Waals surface area contributed by atoms with Gasteiger partial charge >= 0.3 is 0 Å². The molecule has 3 N–H and O–H groups in total. The number of fused-ring (bicyclic) bond motifs is 2. The van der Waals surface area contributed by atoms with Crippen molar-refractivity contribution < 1.29 is 14.7 Å². The average Bonchev–Trinajstić information content (AvgIpc) is 2.65. The first kappa shape index (κ1) is 18.9. The summed E-state index contributed by atoms with van der Waals surface area (Å²) in [6.45, 7) is 3.30. The monoisotopic (exact) mass is 364 g/mol. The lowest BCUT2D eigenvalue weighted by molar-refractivity contribution is -0.125. The summed E-state index contributed by atoms with van der Waals surface area (Å²) in [5, 5.41) is 19.1. The summed E-state index contributed by atoms with van der Waals surface area (Å²) in [5.74, 6) is -0.472. The molecule has 5 heteroatoms. The van der Waals surface area contributed by atoms with Crippen molar-refractivity contribution in [2.45, 2.75) is 32.2 Å². The fourth-order valence-corrected chi connectivity index (χ4v) is 3.00. The standard InChI is InChI=1S/C22H24N2O3/c1-22(2,14-25)24-21(27)11-10-20(26)23-19-9-5-8-17-12-15-6-3-4-7-16(15)13-18(17)19/h3-9,12-13,25H,10-11,14H2,1-2H3,(H,23,26)(H,24,27). The molecule has 0 fully saturated rings. The number of anilines is 1. The molecule has 5 nitrogen and oxygen atoms in total. The maximum absolute atomic E-state index is 12.3. The van der Waals surface area contributed by atoms with Gasteiger partial charge in [0.05, 0.1) is 12.1 Å². The molecule has 0 spiro atoms. The molecule has 0 atom stereocenters. The van der Waals surface area contributed by atoms with Crippen LogP contribution in [0.15, 0.2) is 54.6 Å². The molecular weight excluding hydrogens is 340 g/mol. The Morgan fingerprint density at radius 1 is 0.889 bits per heavy atom. The lowest BCUT2D eigenvalue weighted by Crippen LogP contribution is -2.46. The first-order valence-corrected chi connectivity index (χ1v) is 9.01. The molecule has 27 heavy (non-hydrogen) atoms. The molecule has 0 aromatic heterocycles. The van der Waals surface area contributed by atoms with Crippen molar-refractivity contribution in [1.82, 2.24) is 5.32 Å². The van der Waals surface area contributed by atoms with Gasteiger partial charge in [0.2, 0.25) is 11.8 Å². The van der Waals surface area contributed by atoms with Crippen LogP contribution < -0.4 is 10.6 Å². The number of carbonyl (C=O) groups excluding carboxylic acids is 2. The lowest BCUT2D eigenvalue weighted by atomic mass is 10.0. The van der Waals surface area contributed by atoms with E-state index in [9.17, 15) is 14.7 Å². The third-order valence-corrected chi connectivity index (χ3v) is 4.47. The summed E-state index contributed by atoms with van der Waals surface area (Å²) in [6.07, 6.45) is 0.153. The van der Waals surface area contributed by atoms with Gasteiger partial charge in [0.1, 0.15) is 0 Å². The third kappa shape index (κ3) is 4.63. The number of carbonyl (C=O) groups is 2. The zero-order chi connectivity index (χ0) is 19.4. The number of benzene rings is 3. The van der Waals surface area contributed by atoms with E-state index >= 15 is 0 Å². The van der Waals surface area contributed by atoms with Gasteiger partial charge in [-0.05, 0) is 48.2 Å². The number of aliphatic hydroxyl groups excluding tert-OH is 1. The van der Waals surface area contributed by atoms with E-state index in [-0.39, 0.29) is 31.3 Å². The van der Waals surface area contributed by atoms with E-state index in [4.69, 9.17) is 0 Å². The highest BCUT2D eigenvalue weighted by Crippen LogP contribution is 2.28. The highest BCUT2D eigenvalue weighted by atomic mass is 16.3. The average molecular weight is 364 g/mol. The Bertz CT molecular complexity index is 995. The van der Waals surface area contributed by atoms with Crippen molar-refractivity contribution in [2.75, 3.05) is 11.9 Å². The molecule has 3 rings (SSSR count). The van der Waals surface area contributed by atoms with Crippen LogP contribution in [0.3, 0.4) is 0 Å². The molecule has 140 valence electrons. The second-order valence-electron chi connectivity index (χ2n) is 7.36. The molecule has 3 aromatic rings. The minimum Gasteiger partial charge on any atom is -0.394 e. The van der Waals surface area contributed by atoms with Gasteiger partial charge in [-0.3, -0.25) is 9.59 Å². The van der Waals surface area contributed by atoms with Crippen LogP contribution in [0.25, 0.3) is 21.5 Å². The summed E-state index contributed by atoms with van der Waals surface area (Å²) in [6, 6.07) is 18.0.